The second-order valence-corrected chi connectivity index (χ2v) is 5.55. The van der Waals surface area contributed by atoms with E-state index in [1.807, 2.05) is 66.7 Å². The maximum Gasteiger partial charge on any atom is 0.0458 e. The first-order chi connectivity index (χ1) is 12.2. The lowest BCUT2D eigenvalue weighted by Gasteiger charge is -2.01. The van der Waals surface area contributed by atoms with E-state index in [0.29, 0.717) is 0 Å². The molecule has 25 heavy (non-hydrogen) atoms. The van der Waals surface area contributed by atoms with Gasteiger partial charge in [0.2, 0.25) is 0 Å². The van der Waals surface area contributed by atoms with E-state index in [1.165, 1.54) is 0 Å². The molecular formula is C21H20N4. The van der Waals surface area contributed by atoms with E-state index in [4.69, 9.17) is 11.5 Å². The van der Waals surface area contributed by atoms with Crippen LogP contribution in [0.5, 0.6) is 0 Å². The Labute approximate surface area is 147 Å². The lowest BCUT2D eigenvalue weighted by Crippen LogP contribution is -1.85. The summed E-state index contributed by atoms with van der Waals surface area (Å²) in [4.78, 5) is 7.19. The van der Waals surface area contributed by atoms with Gasteiger partial charge in [0.1, 0.15) is 0 Å². The molecule has 0 fully saturated rings. The van der Waals surface area contributed by atoms with E-state index < -0.39 is 0 Å². The average Bonchev–Trinajstić information content (AvgIpc) is 3.15. The fourth-order valence-corrected chi connectivity index (χ4v) is 2.37. The van der Waals surface area contributed by atoms with Gasteiger partial charge in [0.15, 0.2) is 0 Å². The molecule has 0 spiro atoms. The van der Waals surface area contributed by atoms with Crippen molar-refractivity contribution in [3.05, 3.63) is 91.3 Å². The van der Waals surface area contributed by atoms with Gasteiger partial charge >= 0.3 is 0 Å². The van der Waals surface area contributed by atoms with Crippen LogP contribution < -0.4 is 11.5 Å². The van der Waals surface area contributed by atoms with Crippen molar-refractivity contribution < 1.29 is 0 Å². The van der Waals surface area contributed by atoms with Crippen LogP contribution in [0.3, 0.4) is 0 Å². The Morgan fingerprint density at radius 1 is 0.560 bits per heavy atom. The highest BCUT2D eigenvalue weighted by molar-refractivity contribution is 5.69. The van der Waals surface area contributed by atoms with Gasteiger partial charge in [-0.3, -0.25) is 4.98 Å². The lowest BCUT2D eigenvalue weighted by atomic mass is 10.1. The molecule has 0 unspecified atom stereocenters. The van der Waals surface area contributed by atoms with Crippen molar-refractivity contribution in [2.45, 2.75) is 0 Å². The minimum absolute atomic E-state index is 0.772. The van der Waals surface area contributed by atoms with Gasteiger partial charge < -0.3 is 16.5 Å². The van der Waals surface area contributed by atoms with Crippen LogP contribution in [0.4, 0.5) is 11.4 Å². The van der Waals surface area contributed by atoms with Gasteiger partial charge in [0, 0.05) is 35.2 Å². The van der Waals surface area contributed by atoms with Gasteiger partial charge in [0.25, 0.3) is 0 Å². The van der Waals surface area contributed by atoms with Gasteiger partial charge in [-0.1, -0.05) is 30.3 Å². The van der Waals surface area contributed by atoms with Crippen LogP contribution in [0.25, 0.3) is 22.5 Å². The molecule has 0 aliphatic carbocycles. The maximum absolute atomic E-state index is 5.69. The van der Waals surface area contributed by atoms with Gasteiger partial charge in [-0.05, 0) is 59.7 Å². The van der Waals surface area contributed by atoms with E-state index in [-0.39, 0.29) is 0 Å². The summed E-state index contributed by atoms with van der Waals surface area (Å²) in [6.45, 7) is 0. The predicted molar refractivity (Wildman–Crippen MR) is 105 cm³/mol. The van der Waals surface area contributed by atoms with E-state index >= 15 is 0 Å². The molecule has 0 radical (unpaired) electrons. The number of nitrogens with zero attached hydrogens (tertiary/aromatic N) is 1. The third-order valence-corrected chi connectivity index (χ3v) is 3.70. The molecule has 5 N–H and O–H groups in total. The van der Waals surface area contributed by atoms with E-state index in [9.17, 15) is 0 Å². The molecule has 2 aromatic carbocycles. The highest BCUT2D eigenvalue weighted by Crippen LogP contribution is 2.25. The van der Waals surface area contributed by atoms with Crippen LogP contribution in [0.15, 0.2) is 91.3 Å². The first kappa shape index (κ1) is 16.3. The van der Waals surface area contributed by atoms with Crippen molar-refractivity contribution in [2.75, 3.05) is 11.5 Å². The first-order valence-corrected chi connectivity index (χ1v) is 7.98. The second kappa shape index (κ2) is 7.84. The minimum atomic E-state index is 0.772. The van der Waals surface area contributed by atoms with Crippen molar-refractivity contribution in [1.82, 2.24) is 9.97 Å². The monoisotopic (exact) mass is 328 g/mol. The van der Waals surface area contributed by atoms with Gasteiger partial charge in [-0.2, -0.15) is 0 Å². The third kappa shape index (κ3) is 4.48. The zero-order chi connectivity index (χ0) is 17.5. The topological polar surface area (TPSA) is 80.7 Å². The third-order valence-electron chi connectivity index (χ3n) is 3.70. The molecule has 4 rings (SSSR count). The largest absolute Gasteiger partial charge is 0.399 e. The highest BCUT2D eigenvalue weighted by atomic mass is 14.7. The fourth-order valence-electron chi connectivity index (χ4n) is 2.37. The molecule has 124 valence electrons. The van der Waals surface area contributed by atoms with Crippen LogP contribution in [0.1, 0.15) is 0 Å². The molecule has 0 saturated heterocycles. The fraction of sp³-hybridized carbons (Fsp3) is 0. The molecule has 2 aromatic heterocycles. The standard InChI is InChI=1S/C16H15N3.C5H5N/c17-13-5-1-11(2-6-13)15-9-10-16(19-15)12-3-7-14(18)8-4-12;1-2-4-6-5-3-1/h1-10,19H,17-18H2;1-5H. The number of benzene rings is 2. The Morgan fingerprint density at radius 2 is 1.00 bits per heavy atom. The average molecular weight is 328 g/mol. The van der Waals surface area contributed by atoms with Crippen LogP contribution in [-0.2, 0) is 0 Å². The molecular weight excluding hydrogens is 308 g/mol. The number of aromatic amines is 1. The normalized spacial score (nSPS) is 9.92. The molecule has 0 saturated carbocycles. The van der Waals surface area contributed by atoms with E-state index in [0.717, 1.165) is 33.9 Å². The number of nitrogen functional groups attached to an aromatic ring is 2. The molecule has 4 heteroatoms. The summed E-state index contributed by atoms with van der Waals surface area (Å²) in [6.07, 6.45) is 3.50. The SMILES string of the molecule is Nc1ccc(-c2ccc(-c3ccc(N)cc3)[nH]2)cc1.c1ccncc1. The summed E-state index contributed by atoms with van der Waals surface area (Å²) in [5.41, 5.74) is 17.3. The highest BCUT2D eigenvalue weighted by Gasteiger charge is 2.03. The smallest absolute Gasteiger partial charge is 0.0458 e. The lowest BCUT2D eigenvalue weighted by molar-refractivity contribution is 1.33. The van der Waals surface area contributed by atoms with E-state index in [1.54, 1.807) is 12.4 Å². The molecule has 4 aromatic rings. The first-order valence-electron chi connectivity index (χ1n) is 7.98. The zero-order valence-electron chi connectivity index (χ0n) is 13.8. The summed E-state index contributed by atoms with van der Waals surface area (Å²) in [5, 5.41) is 0. The van der Waals surface area contributed by atoms with Crippen LogP contribution in [0.2, 0.25) is 0 Å². The quantitative estimate of drug-likeness (QED) is 0.471. The number of nitrogens with one attached hydrogen (secondary N) is 1. The molecule has 0 aliphatic rings. The number of H-pyrrole nitrogens is 1. The van der Waals surface area contributed by atoms with E-state index in [2.05, 4.69) is 22.1 Å². The predicted octanol–water partition coefficient (Wildman–Crippen LogP) is 4.59. The number of hydrogen-bond donors (Lipinski definition) is 3. The van der Waals surface area contributed by atoms with Crippen molar-refractivity contribution in [3.63, 3.8) is 0 Å². The Morgan fingerprint density at radius 3 is 1.32 bits per heavy atom. The maximum atomic E-state index is 5.69. The number of aromatic nitrogens is 2. The Balaban J connectivity index is 0.000000258. The number of rotatable bonds is 2. The Kier molecular flexibility index (Phi) is 5.12. The van der Waals surface area contributed by atoms with Crippen LogP contribution in [0, 0.1) is 0 Å². The van der Waals surface area contributed by atoms with Crippen LogP contribution >= 0.6 is 0 Å². The zero-order valence-corrected chi connectivity index (χ0v) is 13.8. The molecule has 0 atom stereocenters. The van der Waals surface area contributed by atoms with Crippen LogP contribution in [-0.4, -0.2) is 9.97 Å². The molecule has 0 amide bonds. The molecule has 0 aliphatic heterocycles. The summed E-state index contributed by atoms with van der Waals surface area (Å²) in [7, 11) is 0. The van der Waals surface area contributed by atoms with Gasteiger partial charge in [-0.25, -0.2) is 0 Å². The molecule has 0 bridgehead atoms. The Hall–Kier alpha value is -3.53. The summed E-state index contributed by atoms with van der Waals surface area (Å²) < 4.78 is 0. The molecule has 4 nitrogen and oxygen atoms in total. The summed E-state index contributed by atoms with van der Waals surface area (Å²) >= 11 is 0. The van der Waals surface area contributed by atoms with Crippen molar-refractivity contribution in [1.29, 1.82) is 0 Å². The summed E-state index contributed by atoms with van der Waals surface area (Å²) in [6, 6.07) is 25.5. The molecule has 2 heterocycles. The van der Waals surface area contributed by atoms with Crippen molar-refractivity contribution >= 4 is 11.4 Å². The number of nitrogens with two attached hydrogens (primary N) is 2. The number of anilines is 2. The van der Waals surface area contributed by atoms with Gasteiger partial charge in [-0.15, -0.1) is 0 Å². The van der Waals surface area contributed by atoms with Gasteiger partial charge in [0.05, 0.1) is 0 Å². The van der Waals surface area contributed by atoms with Crippen molar-refractivity contribution in [3.8, 4) is 22.5 Å². The number of pyridine rings is 1. The second-order valence-electron chi connectivity index (χ2n) is 5.55. The Bertz CT molecular complexity index is 808. The summed E-state index contributed by atoms with van der Waals surface area (Å²) in [5.74, 6) is 0. The number of hydrogen-bond acceptors (Lipinski definition) is 3. The minimum Gasteiger partial charge on any atom is -0.399 e. The van der Waals surface area contributed by atoms with Crippen molar-refractivity contribution in [2.24, 2.45) is 0 Å².